The Morgan fingerprint density at radius 2 is 2.05 bits per heavy atom. The molecule has 120 valence electrons. The average Bonchev–Trinajstić information content (AvgIpc) is 2.82. The first kappa shape index (κ1) is 14.5. The third-order valence-electron chi connectivity index (χ3n) is 7.16. The van der Waals surface area contributed by atoms with Crippen molar-refractivity contribution in [1.29, 1.82) is 0 Å². The van der Waals surface area contributed by atoms with Crippen molar-refractivity contribution in [2.45, 2.75) is 64.0 Å². The Labute approximate surface area is 132 Å². The Hall–Kier alpha value is -1.06. The van der Waals surface area contributed by atoms with Crippen molar-refractivity contribution in [1.82, 2.24) is 0 Å². The summed E-state index contributed by atoms with van der Waals surface area (Å²) in [6, 6.07) is 3.97. The molecular formula is C19H27NO2. The molecule has 1 aromatic rings. The molecule has 3 nitrogen and oxygen atoms in total. The molecule has 0 heterocycles. The zero-order chi connectivity index (χ0) is 15.5. The van der Waals surface area contributed by atoms with Crippen LogP contribution in [-0.2, 0) is 13.0 Å². The highest BCUT2D eigenvalue weighted by atomic mass is 16.3. The molecule has 0 spiro atoms. The first-order valence-electron chi connectivity index (χ1n) is 8.78. The maximum Gasteiger partial charge on any atom is 0.120 e. The lowest BCUT2D eigenvalue weighted by Gasteiger charge is -2.50. The van der Waals surface area contributed by atoms with Gasteiger partial charge in [0.2, 0.25) is 0 Å². The van der Waals surface area contributed by atoms with Crippen LogP contribution in [-0.4, -0.2) is 16.3 Å². The molecule has 0 aliphatic heterocycles. The minimum atomic E-state index is -0.112. The summed E-state index contributed by atoms with van der Waals surface area (Å²) in [7, 11) is 0. The number of benzene rings is 1. The van der Waals surface area contributed by atoms with Gasteiger partial charge in [0.25, 0.3) is 0 Å². The molecule has 1 aromatic carbocycles. The fourth-order valence-electron chi connectivity index (χ4n) is 5.93. The Morgan fingerprint density at radius 3 is 2.82 bits per heavy atom. The number of fused-ring (bicyclic) bond motifs is 5. The smallest absolute Gasteiger partial charge is 0.120 e. The molecular weight excluding hydrogens is 274 g/mol. The van der Waals surface area contributed by atoms with Gasteiger partial charge < -0.3 is 15.9 Å². The molecule has 2 fully saturated rings. The second-order valence-corrected chi connectivity index (χ2v) is 7.89. The fraction of sp³-hybridized carbons (Fsp3) is 0.684. The highest BCUT2D eigenvalue weighted by Crippen LogP contribution is 2.61. The fourth-order valence-corrected chi connectivity index (χ4v) is 5.93. The Balaban J connectivity index is 1.74. The van der Waals surface area contributed by atoms with Crippen molar-refractivity contribution in [3.05, 3.63) is 28.8 Å². The number of aromatic hydroxyl groups is 1. The molecule has 3 aliphatic rings. The van der Waals surface area contributed by atoms with E-state index >= 15 is 0 Å². The molecule has 0 radical (unpaired) electrons. The van der Waals surface area contributed by atoms with Gasteiger partial charge in [-0.2, -0.15) is 0 Å². The molecule has 0 bridgehead atoms. The Bertz CT molecular complexity index is 599. The van der Waals surface area contributed by atoms with Crippen LogP contribution < -0.4 is 5.73 Å². The minimum Gasteiger partial charge on any atom is -0.508 e. The van der Waals surface area contributed by atoms with Crippen molar-refractivity contribution in [3.8, 4) is 5.75 Å². The first-order chi connectivity index (χ1) is 10.6. The molecule has 4 N–H and O–H groups in total. The predicted octanol–water partition coefficient (Wildman–Crippen LogP) is 3.07. The summed E-state index contributed by atoms with van der Waals surface area (Å²) >= 11 is 0. The lowest BCUT2D eigenvalue weighted by molar-refractivity contribution is -0.0226. The number of aliphatic hydroxyl groups is 1. The zero-order valence-corrected chi connectivity index (χ0v) is 13.4. The number of hydrogen-bond acceptors (Lipinski definition) is 3. The van der Waals surface area contributed by atoms with Crippen LogP contribution in [0.5, 0.6) is 5.75 Å². The molecule has 0 amide bonds. The van der Waals surface area contributed by atoms with E-state index in [-0.39, 0.29) is 11.5 Å². The standard InChI is InChI=1S/C19H27NO2/c1-19-9-8-13-11-4-6-17(21)15(10-20)12(11)2-3-14(13)16(19)5-7-18(19)22/h4,6,13-14,16,18,21-22H,2-3,5,7-10,20H2,1H3/t13-,14-,16+,18+,19+/m1/s1. The van der Waals surface area contributed by atoms with Gasteiger partial charge in [-0.05, 0) is 78.9 Å². The monoisotopic (exact) mass is 301 g/mol. The van der Waals surface area contributed by atoms with Crippen molar-refractivity contribution < 1.29 is 10.2 Å². The number of phenolic OH excluding ortho intramolecular Hbond substituents is 1. The van der Waals surface area contributed by atoms with E-state index in [1.54, 1.807) is 0 Å². The number of hydrogen-bond donors (Lipinski definition) is 3. The number of phenols is 1. The largest absolute Gasteiger partial charge is 0.508 e. The first-order valence-corrected chi connectivity index (χ1v) is 8.78. The van der Waals surface area contributed by atoms with Gasteiger partial charge in [0, 0.05) is 12.1 Å². The maximum atomic E-state index is 10.4. The van der Waals surface area contributed by atoms with Crippen molar-refractivity contribution in [2.24, 2.45) is 23.0 Å². The second kappa shape index (κ2) is 4.97. The van der Waals surface area contributed by atoms with E-state index in [0.717, 1.165) is 31.2 Å². The Kier molecular flexibility index (Phi) is 3.28. The van der Waals surface area contributed by atoms with E-state index in [0.29, 0.717) is 30.0 Å². The lowest BCUT2D eigenvalue weighted by Crippen LogP contribution is -2.44. The van der Waals surface area contributed by atoms with Crippen LogP contribution in [0.25, 0.3) is 0 Å². The third-order valence-corrected chi connectivity index (χ3v) is 7.16. The quantitative estimate of drug-likeness (QED) is 0.747. The molecule has 0 aromatic heterocycles. The topological polar surface area (TPSA) is 66.5 Å². The summed E-state index contributed by atoms with van der Waals surface area (Å²) in [4.78, 5) is 0. The summed E-state index contributed by atoms with van der Waals surface area (Å²) in [5.74, 6) is 2.30. The summed E-state index contributed by atoms with van der Waals surface area (Å²) in [6.45, 7) is 2.73. The van der Waals surface area contributed by atoms with E-state index in [4.69, 9.17) is 5.73 Å². The molecule has 0 saturated heterocycles. The second-order valence-electron chi connectivity index (χ2n) is 7.89. The molecule has 5 atom stereocenters. The number of aliphatic hydroxyl groups excluding tert-OH is 1. The number of nitrogens with two attached hydrogens (primary N) is 1. The lowest BCUT2D eigenvalue weighted by atomic mass is 9.55. The van der Waals surface area contributed by atoms with Crippen molar-refractivity contribution >= 4 is 0 Å². The Morgan fingerprint density at radius 1 is 1.23 bits per heavy atom. The van der Waals surface area contributed by atoms with E-state index in [1.807, 2.05) is 6.07 Å². The highest BCUT2D eigenvalue weighted by Gasteiger charge is 2.54. The van der Waals surface area contributed by atoms with Crippen LogP contribution in [0.2, 0.25) is 0 Å². The van der Waals surface area contributed by atoms with Crippen LogP contribution in [0.15, 0.2) is 12.1 Å². The molecule has 4 rings (SSSR count). The summed E-state index contributed by atoms with van der Waals surface area (Å²) in [5.41, 5.74) is 9.70. The molecule has 3 aliphatic carbocycles. The SMILES string of the molecule is C[C@]12CC[C@@H]3c4ccc(O)c(CN)c4CC[C@H]3[C@@H]1CC[C@@H]2O. The zero-order valence-electron chi connectivity index (χ0n) is 13.4. The summed E-state index contributed by atoms with van der Waals surface area (Å²) in [6.07, 6.45) is 6.53. The van der Waals surface area contributed by atoms with Gasteiger partial charge in [-0.1, -0.05) is 13.0 Å². The van der Waals surface area contributed by atoms with Crippen LogP contribution in [0.4, 0.5) is 0 Å². The van der Waals surface area contributed by atoms with E-state index in [9.17, 15) is 10.2 Å². The van der Waals surface area contributed by atoms with E-state index < -0.39 is 0 Å². The molecule has 2 saturated carbocycles. The van der Waals surface area contributed by atoms with Crippen molar-refractivity contribution in [3.63, 3.8) is 0 Å². The van der Waals surface area contributed by atoms with Gasteiger partial charge in [0.05, 0.1) is 6.10 Å². The summed E-state index contributed by atoms with van der Waals surface area (Å²) < 4.78 is 0. The van der Waals surface area contributed by atoms with Crippen LogP contribution >= 0.6 is 0 Å². The third kappa shape index (κ3) is 1.82. The van der Waals surface area contributed by atoms with E-state index in [2.05, 4.69) is 13.0 Å². The van der Waals surface area contributed by atoms with Crippen LogP contribution in [0.3, 0.4) is 0 Å². The van der Waals surface area contributed by atoms with Gasteiger partial charge >= 0.3 is 0 Å². The van der Waals surface area contributed by atoms with Gasteiger partial charge in [-0.3, -0.25) is 0 Å². The number of rotatable bonds is 1. The highest BCUT2D eigenvalue weighted by molar-refractivity contribution is 5.47. The predicted molar refractivity (Wildman–Crippen MR) is 86.6 cm³/mol. The maximum absolute atomic E-state index is 10.4. The molecule has 22 heavy (non-hydrogen) atoms. The van der Waals surface area contributed by atoms with Gasteiger partial charge in [0.1, 0.15) is 5.75 Å². The van der Waals surface area contributed by atoms with Gasteiger partial charge in [-0.15, -0.1) is 0 Å². The molecule has 0 unspecified atom stereocenters. The van der Waals surface area contributed by atoms with Gasteiger partial charge in [-0.25, -0.2) is 0 Å². The average molecular weight is 301 g/mol. The van der Waals surface area contributed by atoms with Crippen molar-refractivity contribution in [2.75, 3.05) is 0 Å². The van der Waals surface area contributed by atoms with Gasteiger partial charge in [0.15, 0.2) is 0 Å². The minimum absolute atomic E-state index is 0.112. The van der Waals surface area contributed by atoms with Crippen LogP contribution in [0, 0.1) is 17.3 Å². The normalized spacial score (nSPS) is 40.0. The molecule has 3 heteroatoms. The van der Waals surface area contributed by atoms with Crippen LogP contribution in [0.1, 0.15) is 61.6 Å². The summed E-state index contributed by atoms with van der Waals surface area (Å²) in [5, 5.41) is 20.5. The van der Waals surface area contributed by atoms with E-state index in [1.165, 1.54) is 24.0 Å².